The topological polar surface area (TPSA) is 86.8 Å². The molecule has 1 atom stereocenters. The van der Waals surface area contributed by atoms with Crippen molar-refractivity contribution < 1.29 is 31.2 Å². The number of benzene rings is 3. The highest BCUT2D eigenvalue weighted by Gasteiger charge is 2.35. The van der Waals surface area contributed by atoms with Gasteiger partial charge in [-0.3, -0.25) is 13.9 Å². The molecule has 3 aromatic rings. The molecular formula is C28H29ClF3N3O4S. The fourth-order valence-electron chi connectivity index (χ4n) is 3.85. The number of nitrogens with zero attached hydrogens (tertiary/aromatic N) is 2. The Bertz CT molecular complexity index is 1420. The van der Waals surface area contributed by atoms with E-state index in [0.717, 1.165) is 12.1 Å². The van der Waals surface area contributed by atoms with Crippen molar-refractivity contribution in [3.05, 3.63) is 95.0 Å². The van der Waals surface area contributed by atoms with Crippen molar-refractivity contribution in [2.75, 3.05) is 17.4 Å². The first kappa shape index (κ1) is 31.0. The van der Waals surface area contributed by atoms with Gasteiger partial charge in [0.05, 0.1) is 16.1 Å². The fraction of sp³-hybridized carbons (Fsp3) is 0.286. The van der Waals surface area contributed by atoms with Gasteiger partial charge >= 0.3 is 6.18 Å². The number of halogens is 4. The third kappa shape index (κ3) is 7.76. The molecule has 0 unspecified atom stereocenters. The van der Waals surface area contributed by atoms with Crippen LogP contribution in [0.3, 0.4) is 0 Å². The molecule has 0 aliphatic carbocycles. The molecule has 3 rings (SSSR count). The van der Waals surface area contributed by atoms with Gasteiger partial charge in [0.25, 0.3) is 10.0 Å². The van der Waals surface area contributed by atoms with Crippen LogP contribution in [0, 0.1) is 0 Å². The zero-order chi connectivity index (χ0) is 29.5. The maximum absolute atomic E-state index is 13.8. The van der Waals surface area contributed by atoms with Gasteiger partial charge in [-0.1, -0.05) is 54.9 Å². The van der Waals surface area contributed by atoms with E-state index in [4.69, 9.17) is 11.6 Å². The molecule has 3 aromatic carbocycles. The van der Waals surface area contributed by atoms with Gasteiger partial charge in [-0.15, -0.1) is 0 Å². The van der Waals surface area contributed by atoms with Crippen molar-refractivity contribution in [3.63, 3.8) is 0 Å². The summed E-state index contributed by atoms with van der Waals surface area (Å²) < 4.78 is 68.5. The molecule has 0 aliphatic heterocycles. The quantitative estimate of drug-likeness (QED) is 0.317. The van der Waals surface area contributed by atoms with Crippen LogP contribution in [0.2, 0.25) is 5.02 Å². The van der Waals surface area contributed by atoms with Crippen molar-refractivity contribution in [1.29, 1.82) is 0 Å². The van der Waals surface area contributed by atoms with Crippen molar-refractivity contribution in [1.82, 2.24) is 10.2 Å². The van der Waals surface area contributed by atoms with E-state index in [1.54, 1.807) is 30.3 Å². The highest BCUT2D eigenvalue weighted by atomic mass is 35.5. The summed E-state index contributed by atoms with van der Waals surface area (Å²) in [7, 11) is -4.48. The predicted octanol–water partition coefficient (Wildman–Crippen LogP) is 5.50. The highest BCUT2D eigenvalue weighted by molar-refractivity contribution is 7.92. The van der Waals surface area contributed by atoms with Crippen LogP contribution < -0.4 is 9.62 Å². The van der Waals surface area contributed by atoms with Crippen LogP contribution >= 0.6 is 11.6 Å². The smallest absolute Gasteiger partial charge is 0.354 e. The van der Waals surface area contributed by atoms with E-state index in [1.807, 2.05) is 6.92 Å². The van der Waals surface area contributed by atoms with Gasteiger partial charge in [-0.25, -0.2) is 8.42 Å². The van der Waals surface area contributed by atoms with Gasteiger partial charge in [0.2, 0.25) is 11.8 Å². The number of rotatable bonds is 11. The van der Waals surface area contributed by atoms with Crippen molar-refractivity contribution >= 4 is 39.1 Å². The molecule has 0 aliphatic rings. The first-order chi connectivity index (χ1) is 18.8. The molecule has 2 amide bonds. The van der Waals surface area contributed by atoms with Gasteiger partial charge in [0, 0.05) is 18.1 Å². The van der Waals surface area contributed by atoms with E-state index < -0.39 is 46.2 Å². The summed E-state index contributed by atoms with van der Waals surface area (Å²) in [5.74, 6) is -1.24. The van der Waals surface area contributed by atoms with Crippen LogP contribution in [0.1, 0.15) is 31.4 Å². The van der Waals surface area contributed by atoms with Crippen LogP contribution in [-0.4, -0.2) is 44.3 Å². The zero-order valence-electron chi connectivity index (χ0n) is 21.9. The summed E-state index contributed by atoms with van der Waals surface area (Å²) in [5.41, 5.74) is -0.804. The minimum atomic E-state index is -4.74. The molecule has 0 aromatic heterocycles. The Labute approximate surface area is 236 Å². The lowest BCUT2D eigenvalue weighted by molar-refractivity contribution is -0.139. The second-order valence-electron chi connectivity index (χ2n) is 8.99. The molecule has 0 saturated heterocycles. The van der Waals surface area contributed by atoms with Gasteiger partial charge in [-0.2, -0.15) is 13.2 Å². The Morgan fingerprint density at radius 3 is 2.23 bits per heavy atom. The molecule has 1 N–H and O–H groups in total. The maximum Gasteiger partial charge on any atom is 0.416 e. The number of nitrogens with one attached hydrogen (secondary N) is 1. The zero-order valence-corrected chi connectivity index (χ0v) is 23.4. The van der Waals surface area contributed by atoms with Gasteiger partial charge < -0.3 is 10.2 Å². The number of carbonyl (C=O) groups excluding carboxylic acids is 2. The number of hydrogen-bond acceptors (Lipinski definition) is 4. The van der Waals surface area contributed by atoms with Crippen molar-refractivity contribution in [2.24, 2.45) is 0 Å². The molecule has 7 nitrogen and oxygen atoms in total. The molecule has 40 heavy (non-hydrogen) atoms. The molecule has 0 bridgehead atoms. The summed E-state index contributed by atoms with van der Waals surface area (Å²) in [5, 5.41) is 3.18. The van der Waals surface area contributed by atoms with E-state index >= 15 is 0 Å². The van der Waals surface area contributed by atoms with Gasteiger partial charge in [0.1, 0.15) is 12.6 Å². The standard InChI is InChI=1S/C28H29ClF3N3O4S/c1-3-16-33-27(37)20(2)34(18-21-12-14-23(29)15-13-21)26(36)19-35(40(38,39)25-10-5-4-6-11-25)24-9-7-8-22(17-24)28(30,31)32/h4-15,17,20H,3,16,18-19H2,1-2H3,(H,33,37)/t20-/m0/s1. The highest BCUT2D eigenvalue weighted by Crippen LogP contribution is 2.33. The number of sulfonamides is 1. The van der Waals surface area contributed by atoms with Gasteiger partial charge in [-0.05, 0) is 61.4 Å². The number of hydrogen-bond donors (Lipinski definition) is 1. The van der Waals surface area contributed by atoms with Crippen molar-refractivity contribution in [2.45, 2.75) is 43.9 Å². The summed E-state index contributed by atoms with van der Waals surface area (Å²) in [6.45, 7) is 2.81. The first-order valence-corrected chi connectivity index (χ1v) is 14.2. The number of alkyl halides is 3. The lowest BCUT2D eigenvalue weighted by Crippen LogP contribution is -2.51. The average Bonchev–Trinajstić information content (AvgIpc) is 2.93. The van der Waals surface area contributed by atoms with E-state index in [0.29, 0.717) is 33.9 Å². The van der Waals surface area contributed by atoms with Crippen LogP contribution in [0.5, 0.6) is 0 Å². The van der Waals surface area contributed by atoms with Crippen LogP contribution in [0.25, 0.3) is 0 Å². The lowest BCUT2D eigenvalue weighted by Gasteiger charge is -2.32. The Morgan fingerprint density at radius 2 is 1.62 bits per heavy atom. The lowest BCUT2D eigenvalue weighted by atomic mass is 10.1. The van der Waals surface area contributed by atoms with Crippen LogP contribution in [0.4, 0.5) is 18.9 Å². The third-order valence-corrected chi connectivity index (χ3v) is 8.09. The number of carbonyl (C=O) groups is 2. The minimum absolute atomic E-state index is 0.0709. The predicted molar refractivity (Wildman–Crippen MR) is 147 cm³/mol. The summed E-state index contributed by atoms with van der Waals surface area (Å²) in [6, 6.07) is 16.3. The molecule has 0 radical (unpaired) electrons. The third-order valence-electron chi connectivity index (χ3n) is 6.05. The largest absolute Gasteiger partial charge is 0.416 e. The molecule has 0 heterocycles. The number of anilines is 1. The molecule has 12 heteroatoms. The Hall–Kier alpha value is -3.57. The number of amides is 2. The minimum Gasteiger partial charge on any atom is -0.354 e. The van der Waals surface area contributed by atoms with E-state index in [-0.39, 0.29) is 17.1 Å². The molecule has 214 valence electrons. The molecule has 0 saturated carbocycles. The summed E-state index contributed by atoms with van der Waals surface area (Å²) >= 11 is 5.97. The Balaban J connectivity index is 2.06. The average molecular weight is 596 g/mol. The van der Waals surface area contributed by atoms with E-state index in [1.165, 1.54) is 42.2 Å². The second-order valence-corrected chi connectivity index (χ2v) is 11.3. The van der Waals surface area contributed by atoms with Crippen molar-refractivity contribution in [3.8, 4) is 0 Å². The molecule has 0 spiro atoms. The monoisotopic (exact) mass is 595 g/mol. The summed E-state index contributed by atoms with van der Waals surface area (Å²) in [6.07, 6.45) is -4.09. The van der Waals surface area contributed by atoms with E-state index in [2.05, 4.69) is 5.32 Å². The van der Waals surface area contributed by atoms with Crippen LogP contribution in [-0.2, 0) is 32.3 Å². The van der Waals surface area contributed by atoms with E-state index in [9.17, 15) is 31.2 Å². The van der Waals surface area contributed by atoms with Crippen LogP contribution in [0.15, 0.2) is 83.8 Å². The second kappa shape index (κ2) is 13.2. The summed E-state index contributed by atoms with van der Waals surface area (Å²) in [4.78, 5) is 27.6. The Kier molecular flexibility index (Phi) is 10.2. The van der Waals surface area contributed by atoms with Gasteiger partial charge in [0.15, 0.2) is 0 Å². The Morgan fingerprint density at radius 1 is 0.975 bits per heavy atom. The SMILES string of the molecule is CCCNC(=O)[C@H](C)N(Cc1ccc(Cl)cc1)C(=O)CN(c1cccc(C(F)(F)F)c1)S(=O)(=O)c1ccccc1. The fourth-order valence-corrected chi connectivity index (χ4v) is 5.40. The first-order valence-electron chi connectivity index (χ1n) is 12.4. The molecule has 0 fully saturated rings. The normalized spacial score (nSPS) is 12.4. The molecular weight excluding hydrogens is 567 g/mol. The maximum atomic E-state index is 13.8.